The average Bonchev–Trinajstić information content (AvgIpc) is 2.99. The molecule has 2 aromatic heterocycles. The largest absolute Gasteiger partial charge is 0.468 e. The molecule has 0 bridgehead atoms. The molecule has 1 atom stereocenters. The molecule has 0 unspecified atom stereocenters. The monoisotopic (exact) mass is 313 g/mol. The van der Waals surface area contributed by atoms with Crippen LogP contribution in [-0.4, -0.2) is 39.1 Å². The highest BCUT2D eigenvalue weighted by Crippen LogP contribution is 2.21. The van der Waals surface area contributed by atoms with Gasteiger partial charge in [-0.05, 0) is 40.1 Å². The van der Waals surface area contributed by atoms with Gasteiger partial charge in [-0.25, -0.2) is 13.1 Å². The van der Waals surface area contributed by atoms with Crippen LogP contribution in [0.15, 0.2) is 32.2 Å². The molecule has 21 heavy (non-hydrogen) atoms. The molecule has 0 amide bonds. The van der Waals surface area contributed by atoms with Crippen molar-refractivity contribution in [1.29, 1.82) is 0 Å². The fourth-order valence-corrected chi connectivity index (χ4v) is 3.50. The van der Waals surface area contributed by atoms with E-state index in [0.29, 0.717) is 11.5 Å². The summed E-state index contributed by atoms with van der Waals surface area (Å²) in [6, 6.07) is 3.39. The minimum Gasteiger partial charge on any atom is -0.468 e. The maximum absolute atomic E-state index is 12.4. The number of hydrogen-bond acceptors (Lipinski definition) is 6. The third-order valence-electron chi connectivity index (χ3n) is 3.20. The molecule has 8 heteroatoms. The number of furan rings is 1. The standard InChI is InChI=1S/C13H19N3O4S/c1-9-13(10(2)20-15-9)21(17,18)14-8-11(16(3)4)12-6-5-7-19-12/h5-7,11,14H,8H2,1-4H3/t11-/m1/s1. The lowest BCUT2D eigenvalue weighted by atomic mass is 10.2. The zero-order chi connectivity index (χ0) is 15.6. The highest BCUT2D eigenvalue weighted by atomic mass is 32.2. The van der Waals surface area contributed by atoms with Crippen molar-refractivity contribution in [2.24, 2.45) is 0 Å². The molecule has 0 aliphatic heterocycles. The van der Waals surface area contributed by atoms with Crippen LogP contribution in [0.2, 0.25) is 0 Å². The van der Waals surface area contributed by atoms with Gasteiger partial charge in [0.1, 0.15) is 16.3 Å². The van der Waals surface area contributed by atoms with Gasteiger partial charge in [0.05, 0.1) is 12.3 Å². The molecule has 0 saturated carbocycles. The highest BCUT2D eigenvalue weighted by molar-refractivity contribution is 7.89. The van der Waals surface area contributed by atoms with Gasteiger partial charge in [-0.3, -0.25) is 4.90 Å². The Labute approximate surface area is 124 Å². The van der Waals surface area contributed by atoms with Crippen LogP contribution in [0, 0.1) is 13.8 Å². The Hall–Kier alpha value is -1.64. The SMILES string of the molecule is Cc1noc(C)c1S(=O)(=O)NC[C@H](c1ccco1)N(C)C. The summed E-state index contributed by atoms with van der Waals surface area (Å²) >= 11 is 0. The first-order valence-corrected chi connectivity index (χ1v) is 7.93. The molecule has 2 heterocycles. The van der Waals surface area contributed by atoms with Crippen molar-refractivity contribution in [1.82, 2.24) is 14.8 Å². The van der Waals surface area contributed by atoms with Crippen LogP contribution in [0.3, 0.4) is 0 Å². The lowest BCUT2D eigenvalue weighted by Gasteiger charge is -2.22. The second-order valence-corrected chi connectivity index (χ2v) is 6.70. The van der Waals surface area contributed by atoms with Gasteiger partial charge in [0.15, 0.2) is 5.76 Å². The Morgan fingerprint density at radius 1 is 1.38 bits per heavy atom. The predicted molar refractivity (Wildman–Crippen MR) is 76.3 cm³/mol. The van der Waals surface area contributed by atoms with Crippen LogP contribution >= 0.6 is 0 Å². The van der Waals surface area contributed by atoms with Crippen LogP contribution in [0.5, 0.6) is 0 Å². The summed E-state index contributed by atoms with van der Waals surface area (Å²) in [7, 11) is 0.0445. The Balaban J connectivity index is 2.18. The summed E-state index contributed by atoms with van der Waals surface area (Å²) in [6.07, 6.45) is 1.56. The molecule has 2 rings (SSSR count). The second kappa shape index (κ2) is 6.00. The number of aryl methyl sites for hydroxylation is 2. The van der Waals surface area contributed by atoms with E-state index in [0.717, 1.165) is 0 Å². The van der Waals surface area contributed by atoms with Crippen molar-refractivity contribution in [2.75, 3.05) is 20.6 Å². The van der Waals surface area contributed by atoms with Gasteiger partial charge in [0.2, 0.25) is 10.0 Å². The minimum absolute atomic E-state index is 0.0967. The summed E-state index contributed by atoms with van der Waals surface area (Å²) in [5.41, 5.74) is 0.347. The van der Waals surface area contributed by atoms with Gasteiger partial charge in [0, 0.05) is 6.54 Å². The number of likely N-dealkylation sites (N-methyl/N-ethyl adjacent to an activating group) is 1. The number of hydrogen-bond donors (Lipinski definition) is 1. The van der Waals surface area contributed by atoms with E-state index in [2.05, 4.69) is 9.88 Å². The number of sulfonamides is 1. The topological polar surface area (TPSA) is 88.6 Å². The van der Waals surface area contributed by atoms with E-state index in [-0.39, 0.29) is 23.2 Å². The van der Waals surface area contributed by atoms with Gasteiger partial charge < -0.3 is 8.94 Å². The fourth-order valence-electron chi connectivity index (χ4n) is 2.14. The quantitative estimate of drug-likeness (QED) is 0.868. The molecule has 0 fully saturated rings. The summed E-state index contributed by atoms with van der Waals surface area (Å²) in [5.74, 6) is 0.973. The average molecular weight is 313 g/mol. The third-order valence-corrected chi connectivity index (χ3v) is 4.87. The van der Waals surface area contributed by atoms with Crippen LogP contribution in [0.4, 0.5) is 0 Å². The molecule has 0 saturated heterocycles. The fraction of sp³-hybridized carbons (Fsp3) is 0.462. The van der Waals surface area contributed by atoms with E-state index in [9.17, 15) is 8.42 Å². The van der Waals surface area contributed by atoms with E-state index >= 15 is 0 Å². The number of aromatic nitrogens is 1. The molecule has 0 aliphatic rings. The molecule has 1 N–H and O–H groups in total. The first-order valence-electron chi connectivity index (χ1n) is 6.45. The number of rotatable bonds is 6. The Kier molecular flexibility index (Phi) is 4.50. The van der Waals surface area contributed by atoms with Crippen molar-refractivity contribution >= 4 is 10.0 Å². The Morgan fingerprint density at radius 2 is 2.10 bits per heavy atom. The zero-order valence-corrected chi connectivity index (χ0v) is 13.3. The van der Waals surface area contributed by atoms with Gasteiger partial charge in [-0.1, -0.05) is 5.16 Å². The first-order chi connectivity index (χ1) is 9.83. The summed E-state index contributed by atoms with van der Waals surface area (Å²) in [4.78, 5) is 1.98. The highest BCUT2D eigenvalue weighted by Gasteiger charge is 2.26. The third kappa shape index (κ3) is 3.34. The summed E-state index contributed by atoms with van der Waals surface area (Å²) < 4.78 is 37.6. The number of nitrogens with one attached hydrogen (secondary N) is 1. The van der Waals surface area contributed by atoms with Crippen molar-refractivity contribution in [3.05, 3.63) is 35.6 Å². The molecule has 0 aromatic carbocycles. The summed E-state index contributed by atoms with van der Waals surface area (Å²) in [6.45, 7) is 3.36. The predicted octanol–water partition coefficient (Wildman–Crippen LogP) is 1.47. The van der Waals surface area contributed by atoms with E-state index in [1.54, 1.807) is 26.2 Å². The van der Waals surface area contributed by atoms with Crippen molar-refractivity contribution < 1.29 is 17.4 Å². The maximum Gasteiger partial charge on any atom is 0.246 e. The van der Waals surface area contributed by atoms with Crippen LogP contribution in [-0.2, 0) is 10.0 Å². The molecule has 116 valence electrons. The van der Waals surface area contributed by atoms with E-state index < -0.39 is 10.0 Å². The zero-order valence-electron chi connectivity index (χ0n) is 12.5. The van der Waals surface area contributed by atoms with Gasteiger partial charge >= 0.3 is 0 Å². The van der Waals surface area contributed by atoms with E-state index in [1.165, 1.54) is 0 Å². The van der Waals surface area contributed by atoms with Crippen LogP contribution in [0.25, 0.3) is 0 Å². The normalized spacial score (nSPS) is 13.8. The van der Waals surface area contributed by atoms with Crippen LogP contribution < -0.4 is 4.72 Å². The van der Waals surface area contributed by atoms with Crippen molar-refractivity contribution in [3.63, 3.8) is 0 Å². The van der Waals surface area contributed by atoms with Gasteiger partial charge in [-0.2, -0.15) is 0 Å². The van der Waals surface area contributed by atoms with Crippen molar-refractivity contribution in [2.45, 2.75) is 24.8 Å². The van der Waals surface area contributed by atoms with Crippen molar-refractivity contribution in [3.8, 4) is 0 Å². The summed E-state index contributed by atoms with van der Waals surface area (Å²) in [5, 5.41) is 3.67. The molecule has 0 radical (unpaired) electrons. The minimum atomic E-state index is -3.67. The van der Waals surface area contributed by atoms with E-state index in [1.807, 2.05) is 25.1 Å². The molecular formula is C13H19N3O4S. The Morgan fingerprint density at radius 3 is 2.57 bits per heavy atom. The van der Waals surface area contributed by atoms with Crippen LogP contribution in [0.1, 0.15) is 23.3 Å². The Bertz CT molecular complexity index is 670. The molecule has 7 nitrogen and oxygen atoms in total. The first kappa shape index (κ1) is 15.7. The molecule has 0 aliphatic carbocycles. The lowest BCUT2D eigenvalue weighted by Crippen LogP contribution is -2.34. The maximum atomic E-state index is 12.4. The van der Waals surface area contributed by atoms with E-state index in [4.69, 9.17) is 8.94 Å². The van der Waals surface area contributed by atoms with Gasteiger partial charge in [0.25, 0.3) is 0 Å². The second-order valence-electron chi connectivity index (χ2n) is 5.00. The number of nitrogens with zero attached hydrogens (tertiary/aromatic N) is 2. The molecule has 0 spiro atoms. The molecule has 2 aromatic rings. The smallest absolute Gasteiger partial charge is 0.246 e. The molecular weight excluding hydrogens is 294 g/mol. The van der Waals surface area contributed by atoms with Gasteiger partial charge in [-0.15, -0.1) is 0 Å². The lowest BCUT2D eigenvalue weighted by molar-refractivity contribution is 0.259.